The van der Waals surface area contributed by atoms with Crippen LogP contribution in [0.25, 0.3) is 11.3 Å². The number of amides is 1. The van der Waals surface area contributed by atoms with Crippen LogP contribution < -0.4 is 15.8 Å². The minimum atomic E-state index is -3.75. The Labute approximate surface area is 168 Å². The minimum absolute atomic E-state index is 0.0332. The molecular formula is C18H21N7O3S. The van der Waals surface area contributed by atoms with Crippen LogP contribution in [0, 0.1) is 6.92 Å². The predicted molar refractivity (Wildman–Crippen MR) is 108 cm³/mol. The number of carbonyl (C=O) groups is 1. The van der Waals surface area contributed by atoms with Crippen LogP contribution in [0.3, 0.4) is 0 Å². The van der Waals surface area contributed by atoms with Crippen molar-refractivity contribution in [3.63, 3.8) is 0 Å². The second-order valence-electron chi connectivity index (χ2n) is 6.30. The van der Waals surface area contributed by atoms with E-state index in [0.29, 0.717) is 23.9 Å². The Hall–Kier alpha value is -3.31. The summed E-state index contributed by atoms with van der Waals surface area (Å²) in [6.07, 6.45) is 4.92. The molecule has 3 aromatic rings. The van der Waals surface area contributed by atoms with Crippen molar-refractivity contribution in [2.45, 2.75) is 25.3 Å². The van der Waals surface area contributed by atoms with E-state index >= 15 is 0 Å². The fourth-order valence-corrected chi connectivity index (χ4v) is 3.16. The van der Waals surface area contributed by atoms with Crippen molar-refractivity contribution >= 4 is 27.6 Å². The van der Waals surface area contributed by atoms with E-state index in [4.69, 9.17) is 5.14 Å². The summed E-state index contributed by atoms with van der Waals surface area (Å²) in [6, 6.07) is 6.15. The van der Waals surface area contributed by atoms with Gasteiger partial charge in [-0.25, -0.2) is 23.5 Å². The van der Waals surface area contributed by atoms with Crippen molar-refractivity contribution < 1.29 is 13.2 Å². The number of carbonyl (C=O) groups excluding carboxylic acids is 1. The van der Waals surface area contributed by atoms with Gasteiger partial charge in [0.15, 0.2) is 0 Å². The highest BCUT2D eigenvalue weighted by molar-refractivity contribution is 7.89. The SMILES string of the molecule is CCNC(=O)Cn1cc(Nc2ncc(C)c(-c3ccc(S(N)(=O)=O)cc3)n2)cn1. The van der Waals surface area contributed by atoms with Gasteiger partial charge in [0.2, 0.25) is 21.9 Å². The van der Waals surface area contributed by atoms with Gasteiger partial charge in [0, 0.05) is 24.5 Å². The molecule has 2 heterocycles. The van der Waals surface area contributed by atoms with Crippen molar-refractivity contribution in [1.82, 2.24) is 25.1 Å². The number of likely N-dealkylation sites (N-methyl/N-ethyl adjacent to an activating group) is 1. The summed E-state index contributed by atoms with van der Waals surface area (Å²) < 4.78 is 24.3. The number of sulfonamides is 1. The van der Waals surface area contributed by atoms with Crippen LogP contribution in [0.2, 0.25) is 0 Å². The van der Waals surface area contributed by atoms with Gasteiger partial charge < -0.3 is 10.6 Å². The second-order valence-corrected chi connectivity index (χ2v) is 7.86. The van der Waals surface area contributed by atoms with Crippen LogP contribution in [-0.2, 0) is 21.4 Å². The van der Waals surface area contributed by atoms with Gasteiger partial charge in [0.05, 0.1) is 22.5 Å². The predicted octanol–water partition coefficient (Wildman–Crippen LogP) is 1.18. The molecule has 0 aliphatic carbocycles. The fraction of sp³-hybridized carbons (Fsp3) is 0.222. The Balaban J connectivity index is 1.79. The molecule has 0 spiro atoms. The summed E-state index contributed by atoms with van der Waals surface area (Å²) in [6.45, 7) is 4.38. The van der Waals surface area contributed by atoms with Crippen LogP contribution in [0.4, 0.5) is 11.6 Å². The van der Waals surface area contributed by atoms with Gasteiger partial charge in [-0.3, -0.25) is 9.48 Å². The largest absolute Gasteiger partial charge is 0.355 e. The molecule has 1 aromatic carbocycles. The van der Waals surface area contributed by atoms with E-state index in [9.17, 15) is 13.2 Å². The number of benzene rings is 1. The summed E-state index contributed by atoms with van der Waals surface area (Å²) in [7, 11) is -3.75. The summed E-state index contributed by atoms with van der Waals surface area (Å²) in [5, 5.41) is 15.0. The molecule has 11 heteroatoms. The van der Waals surface area contributed by atoms with Gasteiger partial charge in [-0.1, -0.05) is 12.1 Å². The van der Waals surface area contributed by atoms with Crippen molar-refractivity contribution in [1.29, 1.82) is 0 Å². The van der Waals surface area contributed by atoms with Gasteiger partial charge in [-0.2, -0.15) is 5.10 Å². The molecule has 1 amide bonds. The molecule has 0 saturated carbocycles. The monoisotopic (exact) mass is 415 g/mol. The third-order valence-electron chi connectivity index (χ3n) is 4.00. The Morgan fingerprint density at radius 3 is 2.59 bits per heavy atom. The van der Waals surface area contributed by atoms with Crippen LogP contribution >= 0.6 is 0 Å². The van der Waals surface area contributed by atoms with Crippen molar-refractivity contribution in [2.24, 2.45) is 5.14 Å². The number of nitrogens with two attached hydrogens (primary N) is 1. The zero-order chi connectivity index (χ0) is 21.0. The van der Waals surface area contributed by atoms with Crippen molar-refractivity contribution in [2.75, 3.05) is 11.9 Å². The Bertz CT molecular complexity index is 1120. The van der Waals surface area contributed by atoms with Crippen LogP contribution in [-0.4, -0.2) is 40.6 Å². The number of nitrogens with one attached hydrogen (secondary N) is 2. The molecule has 29 heavy (non-hydrogen) atoms. The number of hydrogen-bond donors (Lipinski definition) is 3. The number of rotatable bonds is 7. The lowest BCUT2D eigenvalue weighted by Gasteiger charge is -2.09. The summed E-state index contributed by atoms with van der Waals surface area (Å²) in [4.78, 5) is 20.4. The van der Waals surface area contributed by atoms with E-state index in [-0.39, 0.29) is 17.3 Å². The highest BCUT2D eigenvalue weighted by Crippen LogP contribution is 2.24. The lowest BCUT2D eigenvalue weighted by Crippen LogP contribution is -2.27. The maximum absolute atomic E-state index is 11.6. The van der Waals surface area contributed by atoms with Crippen molar-refractivity contribution in [3.8, 4) is 11.3 Å². The Morgan fingerprint density at radius 1 is 1.21 bits per heavy atom. The Kier molecular flexibility index (Phi) is 5.89. The molecule has 0 atom stereocenters. The summed E-state index contributed by atoms with van der Waals surface area (Å²) in [5.41, 5.74) is 2.84. The number of aromatic nitrogens is 4. The molecule has 0 bridgehead atoms. The number of aryl methyl sites for hydroxylation is 1. The molecule has 0 radical (unpaired) electrons. The average Bonchev–Trinajstić information content (AvgIpc) is 3.09. The third-order valence-corrected chi connectivity index (χ3v) is 4.93. The fourth-order valence-electron chi connectivity index (χ4n) is 2.64. The van der Waals surface area contributed by atoms with Gasteiger partial charge in [0.1, 0.15) is 6.54 Å². The second kappa shape index (κ2) is 8.37. The van der Waals surface area contributed by atoms with Crippen molar-refractivity contribution in [3.05, 3.63) is 48.4 Å². The smallest absolute Gasteiger partial charge is 0.241 e. The first-order valence-corrected chi connectivity index (χ1v) is 10.3. The molecule has 0 unspecified atom stereocenters. The van der Waals surface area contributed by atoms with Gasteiger partial charge in [0.25, 0.3) is 0 Å². The lowest BCUT2D eigenvalue weighted by atomic mass is 10.1. The van der Waals surface area contributed by atoms with E-state index in [1.54, 1.807) is 30.7 Å². The first kappa shape index (κ1) is 20.4. The maximum Gasteiger partial charge on any atom is 0.241 e. The number of anilines is 2. The van der Waals surface area contributed by atoms with Crippen LogP contribution in [0.15, 0.2) is 47.8 Å². The molecule has 0 fully saturated rings. The quantitative estimate of drug-likeness (QED) is 0.525. The number of nitrogens with zero attached hydrogens (tertiary/aromatic N) is 4. The highest BCUT2D eigenvalue weighted by Gasteiger charge is 2.11. The number of primary sulfonamides is 1. The molecule has 2 aromatic heterocycles. The van der Waals surface area contributed by atoms with E-state index in [1.807, 2.05) is 13.8 Å². The average molecular weight is 415 g/mol. The topological polar surface area (TPSA) is 145 Å². The zero-order valence-electron chi connectivity index (χ0n) is 16.0. The first-order chi connectivity index (χ1) is 13.8. The third kappa shape index (κ3) is 5.15. The van der Waals surface area contributed by atoms with Gasteiger partial charge in [-0.05, 0) is 31.5 Å². The molecule has 152 valence electrons. The van der Waals surface area contributed by atoms with E-state index in [1.165, 1.54) is 16.8 Å². The first-order valence-electron chi connectivity index (χ1n) is 8.79. The molecule has 0 aliphatic heterocycles. The normalized spacial score (nSPS) is 11.3. The van der Waals surface area contributed by atoms with E-state index in [2.05, 4.69) is 25.7 Å². The summed E-state index contributed by atoms with van der Waals surface area (Å²) in [5.74, 6) is 0.220. The standard InChI is InChI=1S/C18H21N7O3S/c1-3-20-16(26)11-25-10-14(9-22-25)23-18-21-8-12(2)17(24-18)13-4-6-15(7-5-13)29(19,27)28/h4-10H,3,11H2,1-2H3,(H,20,26)(H2,19,27,28)(H,21,23,24). The van der Waals surface area contributed by atoms with Crippen LogP contribution in [0.1, 0.15) is 12.5 Å². The highest BCUT2D eigenvalue weighted by atomic mass is 32.2. The Morgan fingerprint density at radius 2 is 1.93 bits per heavy atom. The molecule has 0 aliphatic rings. The van der Waals surface area contributed by atoms with E-state index in [0.717, 1.165) is 11.1 Å². The minimum Gasteiger partial charge on any atom is -0.355 e. The zero-order valence-corrected chi connectivity index (χ0v) is 16.8. The summed E-state index contributed by atoms with van der Waals surface area (Å²) >= 11 is 0. The molecule has 10 nitrogen and oxygen atoms in total. The number of hydrogen-bond acceptors (Lipinski definition) is 7. The molecular weight excluding hydrogens is 394 g/mol. The maximum atomic E-state index is 11.6. The molecule has 4 N–H and O–H groups in total. The lowest BCUT2D eigenvalue weighted by molar-refractivity contribution is -0.121. The molecule has 0 saturated heterocycles. The van der Waals surface area contributed by atoms with Crippen LogP contribution in [0.5, 0.6) is 0 Å². The van der Waals surface area contributed by atoms with Gasteiger partial charge in [-0.15, -0.1) is 0 Å². The van der Waals surface area contributed by atoms with Gasteiger partial charge >= 0.3 is 0 Å². The van der Waals surface area contributed by atoms with E-state index < -0.39 is 10.0 Å². The molecule has 3 rings (SSSR count).